The van der Waals surface area contributed by atoms with E-state index in [9.17, 15) is 4.79 Å². The van der Waals surface area contributed by atoms with Crippen molar-refractivity contribution in [2.75, 3.05) is 42.4 Å². The van der Waals surface area contributed by atoms with Crippen LogP contribution in [0, 0.1) is 6.92 Å². The molecule has 32 heavy (non-hydrogen) atoms. The number of ether oxygens (including phenoxy) is 1. The molecule has 2 unspecified atom stereocenters. The van der Waals surface area contributed by atoms with Gasteiger partial charge in [0.15, 0.2) is 5.65 Å². The Bertz CT molecular complexity index is 1190. The summed E-state index contributed by atoms with van der Waals surface area (Å²) in [5, 5.41) is 6.79. The van der Waals surface area contributed by atoms with E-state index in [-0.39, 0.29) is 24.1 Å². The topological polar surface area (TPSA) is 118 Å². The first kappa shape index (κ1) is 20.3. The lowest BCUT2D eigenvalue weighted by atomic mass is 10.0. The summed E-state index contributed by atoms with van der Waals surface area (Å²) in [6.07, 6.45) is 1.76. The Morgan fingerprint density at radius 2 is 2.06 bits per heavy atom. The molecule has 2 atom stereocenters. The average Bonchev–Trinajstić information content (AvgIpc) is 3.15. The number of anilines is 3. The zero-order valence-corrected chi connectivity index (χ0v) is 18.6. The maximum atomic E-state index is 13.4. The maximum absolute atomic E-state index is 13.4. The van der Waals surface area contributed by atoms with Crippen LogP contribution >= 0.6 is 0 Å². The Kier molecular flexibility index (Phi) is 4.77. The summed E-state index contributed by atoms with van der Waals surface area (Å²) in [5.41, 5.74) is 11.8. The standard InChI is InChI=1S/C21H27N9O2/c1-12-9-14(5-6-17(12)32-4)30-21(31)29-8-7-28(11-16(29)13(2)26-30)19-15-10-23-27(3)18(15)24-20(22)25-19/h5-6,9-10,13,16,26H,7-8,11H2,1-4H3,(H2,22,24,25). The molecule has 168 valence electrons. The molecule has 2 saturated heterocycles. The number of hydrazine groups is 1. The summed E-state index contributed by atoms with van der Waals surface area (Å²) >= 11 is 0. The lowest BCUT2D eigenvalue weighted by molar-refractivity contribution is 0.129. The molecule has 0 aliphatic carbocycles. The van der Waals surface area contributed by atoms with Gasteiger partial charge in [-0.05, 0) is 37.6 Å². The van der Waals surface area contributed by atoms with Crippen LogP contribution in [0.4, 0.5) is 22.2 Å². The van der Waals surface area contributed by atoms with Crippen molar-refractivity contribution in [3.8, 4) is 5.75 Å². The van der Waals surface area contributed by atoms with Gasteiger partial charge in [0.2, 0.25) is 5.95 Å². The van der Waals surface area contributed by atoms with E-state index in [1.54, 1.807) is 23.0 Å². The van der Waals surface area contributed by atoms with Gasteiger partial charge in [-0.2, -0.15) is 15.1 Å². The monoisotopic (exact) mass is 437 g/mol. The number of nitrogens with two attached hydrogens (primary N) is 1. The van der Waals surface area contributed by atoms with E-state index in [0.717, 1.165) is 28.2 Å². The molecule has 5 rings (SSSR count). The Morgan fingerprint density at radius 3 is 2.81 bits per heavy atom. The second-order valence-corrected chi connectivity index (χ2v) is 8.31. The van der Waals surface area contributed by atoms with Crippen LogP contribution in [0.3, 0.4) is 0 Å². The Balaban J connectivity index is 1.41. The van der Waals surface area contributed by atoms with Gasteiger partial charge >= 0.3 is 6.03 Å². The molecule has 2 amide bonds. The number of piperazine rings is 1. The predicted octanol–water partition coefficient (Wildman–Crippen LogP) is 1.29. The maximum Gasteiger partial charge on any atom is 0.339 e. The largest absolute Gasteiger partial charge is 0.496 e. The quantitative estimate of drug-likeness (QED) is 0.629. The number of amides is 2. The molecule has 3 aromatic rings. The highest BCUT2D eigenvalue weighted by Gasteiger charge is 2.42. The van der Waals surface area contributed by atoms with Gasteiger partial charge in [0.25, 0.3) is 0 Å². The molecule has 1 aromatic carbocycles. The summed E-state index contributed by atoms with van der Waals surface area (Å²) < 4.78 is 7.04. The minimum atomic E-state index is -0.0638. The highest BCUT2D eigenvalue weighted by Crippen LogP contribution is 2.31. The number of hydrogen-bond acceptors (Lipinski definition) is 8. The highest BCUT2D eigenvalue weighted by molar-refractivity contribution is 5.93. The first-order chi connectivity index (χ1) is 15.4. The molecular weight excluding hydrogens is 410 g/mol. The molecule has 2 aromatic heterocycles. The summed E-state index contributed by atoms with van der Waals surface area (Å²) in [4.78, 5) is 26.3. The van der Waals surface area contributed by atoms with E-state index >= 15 is 0 Å². The number of nitrogens with zero attached hydrogens (tertiary/aromatic N) is 7. The van der Waals surface area contributed by atoms with E-state index < -0.39 is 0 Å². The van der Waals surface area contributed by atoms with Crippen molar-refractivity contribution in [1.82, 2.24) is 30.1 Å². The molecule has 11 nitrogen and oxygen atoms in total. The van der Waals surface area contributed by atoms with Crippen molar-refractivity contribution in [2.45, 2.75) is 25.9 Å². The van der Waals surface area contributed by atoms with Gasteiger partial charge in [-0.15, -0.1) is 0 Å². The molecule has 0 bridgehead atoms. The predicted molar refractivity (Wildman–Crippen MR) is 122 cm³/mol. The number of fused-ring (bicyclic) bond motifs is 2. The van der Waals surface area contributed by atoms with Crippen LogP contribution < -0.4 is 25.8 Å². The second-order valence-electron chi connectivity index (χ2n) is 8.31. The third kappa shape index (κ3) is 3.16. The van der Waals surface area contributed by atoms with Crippen LogP contribution in [-0.4, -0.2) is 69.5 Å². The van der Waals surface area contributed by atoms with Crippen LogP contribution in [-0.2, 0) is 7.05 Å². The number of aromatic nitrogens is 4. The number of nitrogen functional groups attached to an aromatic ring is 1. The second kappa shape index (κ2) is 7.52. The van der Waals surface area contributed by atoms with Crippen molar-refractivity contribution < 1.29 is 9.53 Å². The molecule has 0 saturated carbocycles. The lowest BCUT2D eigenvalue weighted by Crippen LogP contribution is -2.72. The number of aryl methyl sites for hydroxylation is 2. The van der Waals surface area contributed by atoms with Crippen molar-refractivity contribution >= 4 is 34.5 Å². The summed E-state index contributed by atoms with van der Waals surface area (Å²) in [5.74, 6) is 1.77. The number of nitrogens with one attached hydrogen (secondary N) is 1. The Labute approximate surface area is 185 Å². The molecule has 3 N–H and O–H groups in total. The lowest BCUT2D eigenvalue weighted by Gasteiger charge is -2.50. The normalized spacial score (nSPS) is 21.2. The SMILES string of the molecule is COc1ccc(N2NC(C)C3CN(c4nc(N)nc5c4cnn5C)CCN3C2=O)cc1C. The van der Waals surface area contributed by atoms with Crippen LogP contribution in [0.15, 0.2) is 24.4 Å². The van der Waals surface area contributed by atoms with E-state index in [2.05, 4.69) is 32.3 Å². The van der Waals surface area contributed by atoms with Crippen molar-refractivity contribution in [3.63, 3.8) is 0 Å². The van der Waals surface area contributed by atoms with Gasteiger partial charge in [0.05, 0.1) is 30.4 Å². The molecule has 11 heteroatoms. The van der Waals surface area contributed by atoms with E-state index in [1.807, 2.05) is 37.1 Å². The van der Waals surface area contributed by atoms with E-state index in [0.29, 0.717) is 25.3 Å². The van der Waals surface area contributed by atoms with Gasteiger partial charge < -0.3 is 20.3 Å². The molecule has 2 aliphatic rings. The molecule has 0 spiro atoms. The third-order valence-electron chi connectivity index (χ3n) is 6.29. The van der Waals surface area contributed by atoms with Crippen LogP contribution in [0.2, 0.25) is 0 Å². The van der Waals surface area contributed by atoms with Crippen molar-refractivity contribution in [1.29, 1.82) is 0 Å². The van der Waals surface area contributed by atoms with Crippen molar-refractivity contribution in [2.24, 2.45) is 7.05 Å². The molecule has 4 heterocycles. The van der Waals surface area contributed by atoms with Crippen LogP contribution in [0.5, 0.6) is 5.75 Å². The van der Waals surface area contributed by atoms with E-state index in [4.69, 9.17) is 10.5 Å². The van der Waals surface area contributed by atoms with Gasteiger partial charge in [0.1, 0.15) is 11.6 Å². The zero-order valence-electron chi connectivity index (χ0n) is 18.6. The van der Waals surface area contributed by atoms with Crippen LogP contribution in [0.1, 0.15) is 12.5 Å². The third-order valence-corrected chi connectivity index (χ3v) is 6.29. The highest BCUT2D eigenvalue weighted by atomic mass is 16.5. The summed E-state index contributed by atoms with van der Waals surface area (Å²) in [7, 11) is 3.47. The summed E-state index contributed by atoms with van der Waals surface area (Å²) in [6.45, 7) is 5.91. The van der Waals surface area contributed by atoms with Gasteiger partial charge in [0, 0.05) is 32.7 Å². The minimum absolute atomic E-state index is 0.0187. The fraction of sp³-hybridized carbons (Fsp3) is 0.429. The summed E-state index contributed by atoms with van der Waals surface area (Å²) in [6, 6.07) is 5.67. The van der Waals surface area contributed by atoms with Gasteiger partial charge in [-0.25, -0.2) is 15.2 Å². The van der Waals surface area contributed by atoms with Gasteiger partial charge in [-0.3, -0.25) is 4.68 Å². The van der Waals surface area contributed by atoms with E-state index in [1.165, 1.54) is 0 Å². The Hall–Kier alpha value is -3.60. The fourth-order valence-electron chi connectivity index (χ4n) is 4.59. The number of rotatable bonds is 3. The minimum Gasteiger partial charge on any atom is -0.496 e. The molecule has 0 radical (unpaired) electrons. The zero-order chi connectivity index (χ0) is 22.6. The first-order valence-electron chi connectivity index (χ1n) is 10.6. The number of methoxy groups -OCH3 is 1. The van der Waals surface area contributed by atoms with Gasteiger partial charge in [-0.1, -0.05) is 0 Å². The number of urea groups is 1. The molecular formula is C21H27N9O2. The number of benzene rings is 1. The number of carbonyl (C=O) groups excluding carboxylic acids is 1. The molecule has 2 aliphatic heterocycles. The number of carbonyl (C=O) groups is 1. The first-order valence-corrected chi connectivity index (χ1v) is 10.6. The number of hydrogen-bond donors (Lipinski definition) is 2. The average molecular weight is 438 g/mol. The van der Waals surface area contributed by atoms with Crippen molar-refractivity contribution in [3.05, 3.63) is 30.0 Å². The van der Waals surface area contributed by atoms with Crippen LogP contribution in [0.25, 0.3) is 11.0 Å². The smallest absolute Gasteiger partial charge is 0.339 e. The fourth-order valence-corrected chi connectivity index (χ4v) is 4.59. The Morgan fingerprint density at radius 1 is 1.25 bits per heavy atom. The molecule has 2 fully saturated rings.